The third kappa shape index (κ3) is 2.44. The standard InChI is InChI=1S/C17H10N2O3S.C2H6/c20-16-11-8-22-17(21)23-14(11)6-13-15-10(7-19(13)16)5-9-3-1-2-4-12(9)18-15;1-2/h1-6H,7-8H2;1-2H3. The number of fused-ring (bicyclic) bond motifs is 5. The lowest BCUT2D eigenvalue weighted by molar-refractivity contribution is 0.164. The third-order valence-corrected chi connectivity index (χ3v) is 5.13. The summed E-state index contributed by atoms with van der Waals surface area (Å²) in [7, 11) is 0. The Kier molecular flexibility index (Phi) is 3.84. The van der Waals surface area contributed by atoms with Crippen molar-refractivity contribution in [2.45, 2.75) is 31.9 Å². The first-order valence-corrected chi connectivity index (χ1v) is 9.03. The minimum Gasteiger partial charge on any atom is -0.452 e. The lowest BCUT2D eigenvalue weighted by Gasteiger charge is -2.16. The zero-order valence-electron chi connectivity index (χ0n) is 13.9. The van der Waals surface area contributed by atoms with Gasteiger partial charge in [0, 0.05) is 15.8 Å². The summed E-state index contributed by atoms with van der Waals surface area (Å²) in [6, 6.07) is 11.9. The Hall–Kier alpha value is -2.60. The van der Waals surface area contributed by atoms with Crippen LogP contribution in [0.4, 0.5) is 4.79 Å². The molecule has 5 rings (SSSR count). The highest BCUT2D eigenvalue weighted by atomic mass is 32.2. The summed E-state index contributed by atoms with van der Waals surface area (Å²) in [5, 5.41) is 0.691. The minimum atomic E-state index is -0.369. The lowest BCUT2D eigenvalue weighted by atomic mass is 10.1. The maximum absolute atomic E-state index is 12.7. The number of benzene rings is 1. The van der Waals surface area contributed by atoms with Gasteiger partial charge in [0.05, 0.1) is 29.0 Å². The molecule has 0 spiro atoms. The molecule has 2 aliphatic rings. The van der Waals surface area contributed by atoms with E-state index in [1.165, 1.54) is 0 Å². The molecule has 4 heterocycles. The van der Waals surface area contributed by atoms with Crippen molar-refractivity contribution in [2.75, 3.05) is 0 Å². The Morgan fingerprint density at radius 2 is 1.96 bits per heavy atom. The second kappa shape index (κ2) is 6.04. The van der Waals surface area contributed by atoms with E-state index in [4.69, 9.17) is 9.72 Å². The van der Waals surface area contributed by atoms with E-state index in [0.29, 0.717) is 17.0 Å². The molecule has 0 aliphatic carbocycles. The minimum absolute atomic E-state index is 0.0476. The fraction of sp³-hybridized carbons (Fsp3) is 0.211. The number of rotatable bonds is 0. The molecule has 0 saturated carbocycles. The van der Waals surface area contributed by atoms with Gasteiger partial charge in [-0.05, 0) is 30.0 Å². The van der Waals surface area contributed by atoms with Crippen molar-refractivity contribution >= 4 is 28.0 Å². The van der Waals surface area contributed by atoms with E-state index in [0.717, 1.165) is 39.6 Å². The molecule has 1 aromatic carbocycles. The van der Waals surface area contributed by atoms with Gasteiger partial charge in [-0.2, -0.15) is 0 Å². The molecular formula is C19H16N2O3S. The molecular weight excluding hydrogens is 336 g/mol. The monoisotopic (exact) mass is 352 g/mol. The Morgan fingerprint density at radius 3 is 2.80 bits per heavy atom. The van der Waals surface area contributed by atoms with E-state index in [1.54, 1.807) is 4.57 Å². The summed E-state index contributed by atoms with van der Waals surface area (Å²) in [5.74, 6) is 0. The highest BCUT2D eigenvalue weighted by molar-refractivity contribution is 8.13. The first kappa shape index (κ1) is 15.9. The van der Waals surface area contributed by atoms with Gasteiger partial charge < -0.3 is 9.30 Å². The second-order valence-corrected chi connectivity index (χ2v) is 6.57. The summed E-state index contributed by atoms with van der Waals surface area (Å²) < 4.78 is 6.70. The summed E-state index contributed by atoms with van der Waals surface area (Å²) >= 11 is 0.968. The average Bonchev–Trinajstić information content (AvgIpc) is 2.99. The van der Waals surface area contributed by atoms with Crippen LogP contribution < -0.4 is 5.56 Å². The number of nitrogens with zero attached hydrogens (tertiary/aromatic N) is 2. The molecule has 0 saturated heterocycles. The van der Waals surface area contributed by atoms with Crippen LogP contribution in [-0.2, 0) is 17.9 Å². The fourth-order valence-corrected chi connectivity index (χ4v) is 3.90. The topological polar surface area (TPSA) is 61.2 Å². The van der Waals surface area contributed by atoms with Crippen molar-refractivity contribution in [3.8, 4) is 11.4 Å². The second-order valence-electron chi connectivity index (χ2n) is 5.59. The van der Waals surface area contributed by atoms with Crippen molar-refractivity contribution in [2.24, 2.45) is 0 Å². The number of thioether (sulfide) groups is 1. The Bertz CT molecular complexity index is 1070. The van der Waals surface area contributed by atoms with Gasteiger partial charge in [0.25, 0.3) is 5.56 Å². The zero-order chi connectivity index (χ0) is 17.6. The smallest absolute Gasteiger partial charge is 0.372 e. The molecule has 0 bridgehead atoms. The number of hydrogen-bond donors (Lipinski definition) is 0. The number of cyclic esters (lactones) is 1. The summed E-state index contributed by atoms with van der Waals surface area (Å²) in [6.07, 6.45) is 0. The number of aromatic nitrogens is 2. The van der Waals surface area contributed by atoms with Crippen LogP contribution in [0.5, 0.6) is 0 Å². The first-order valence-electron chi connectivity index (χ1n) is 8.21. The van der Waals surface area contributed by atoms with E-state index < -0.39 is 0 Å². The highest BCUT2D eigenvalue weighted by Gasteiger charge is 2.28. The Morgan fingerprint density at radius 1 is 1.16 bits per heavy atom. The van der Waals surface area contributed by atoms with E-state index in [1.807, 2.05) is 44.2 Å². The van der Waals surface area contributed by atoms with Crippen LogP contribution in [0.3, 0.4) is 0 Å². The van der Waals surface area contributed by atoms with Crippen LogP contribution >= 0.6 is 11.8 Å². The quantitative estimate of drug-likeness (QED) is 0.444. The molecule has 0 amide bonds. The molecule has 0 radical (unpaired) electrons. The van der Waals surface area contributed by atoms with Crippen molar-refractivity contribution in [1.29, 1.82) is 0 Å². The number of carbonyl (C=O) groups excluding carboxylic acids is 1. The van der Waals surface area contributed by atoms with Crippen LogP contribution in [-0.4, -0.2) is 14.9 Å². The van der Waals surface area contributed by atoms with Crippen LogP contribution in [0, 0.1) is 0 Å². The molecule has 25 heavy (non-hydrogen) atoms. The number of para-hydroxylation sites is 1. The zero-order valence-corrected chi connectivity index (χ0v) is 14.7. The molecule has 0 fully saturated rings. The van der Waals surface area contributed by atoms with E-state index in [2.05, 4.69) is 6.07 Å². The van der Waals surface area contributed by atoms with Gasteiger partial charge in [-0.25, -0.2) is 9.78 Å². The summed E-state index contributed by atoms with van der Waals surface area (Å²) in [6.45, 7) is 4.55. The number of carbonyl (C=O) groups is 1. The molecule has 2 aromatic heterocycles. The molecule has 5 nitrogen and oxygen atoms in total. The van der Waals surface area contributed by atoms with Gasteiger partial charge >= 0.3 is 5.30 Å². The predicted molar refractivity (Wildman–Crippen MR) is 97.9 cm³/mol. The van der Waals surface area contributed by atoms with Crippen LogP contribution in [0.15, 0.2) is 46.1 Å². The molecule has 3 aromatic rings. The molecule has 0 N–H and O–H groups in total. The van der Waals surface area contributed by atoms with Crippen molar-refractivity contribution in [3.05, 3.63) is 57.9 Å². The van der Waals surface area contributed by atoms with E-state index >= 15 is 0 Å². The van der Waals surface area contributed by atoms with Gasteiger partial charge in [0.2, 0.25) is 0 Å². The third-order valence-electron chi connectivity index (χ3n) is 4.26. The molecule has 0 unspecified atom stereocenters. The Labute approximate surface area is 148 Å². The number of ether oxygens (including phenoxy) is 1. The van der Waals surface area contributed by atoms with Crippen molar-refractivity contribution < 1.29 is 9.53 Å². The maximum atomic E-state index is 12.7. The van der Waals surface area contributed by atoms with Crippen LogP contribution in [0.25, 0.3) is 22.3 Å². The molecule has 126 valence electrons. The maximum Gasteiger partial charge on any atom is 0.372 e. The van der Waals surface area contributed by atoms with E-state index in [9.17, 15) is 9.59 Å². The van der Waals surface area contributed by atoms with Gasteiger partial charge in [-0.1, -0.05) is 32.0 Å². The summed E-state index contributed by atoms with van der Waals surface area (Å²) in [4.78, 5) is 29.6. The van der Waals surface area contributed by atoms with Gasteiger partial charge in [0.1, 0.15) is 6.61 Å². The lowest BCUT2D eigenvalue weighted by Crippen LogP contribution is -2.26. The SMILES string of the molecule is CC.O=C1OCc2c(cc3n(c2=O)Cc2cc4ccccc4nc2-3)S1. The molecule has 2 aliphatic heterocycles. The van der Waals surface area contributed by atoms with Gasteiger partial charge in [0.15, 0.2) is 0 Å². The molecule has 0 atom stereocenters. The summed E-state index contributed by atoms with van der Waals surface area (Å²) in [5.41, 5.74) is 3.98. The van der Waals surface area contributed by atoms with E-state index in [-0.39, 0.29) is 17.5 Å². The Balaban J connectivity index is 0.000000758. The van der Waals surface area contributed by atoms with Crippen LogP contribution in [0.1, 0.15) is 25.0 Å². The fourth-order valence-electron chi connectivity index (χ4n) is 3.17. The largest absolute Gasteiger partial charge is 0.452 e. The number of hydrogen-bond acceptors (Lipinski definition) is 5. The van der Waals surface area contributed by atoms with Gasteiger partial charge in [-0.15, -0.1) is 0 Å². The van der Waals surface area contributed by atoms with Crippen molar-refractivity contribution in [3.63, 3.8) is 0 Å². The first-order chi connectivity index (χ1) is 12.2. The number of pyridine rings is 2. The highest BCUT2D eigenvalue weighted by Crippen LogP contribution is 2.36. The van der Waals surface area contributed by atoms with Crippen LogP contribution in [0.2, 0.25) is 0 Å². The predicted octanol–water partition coefficient (Wildman–Crippen LogP) is 4.19. The van der Waals surface area contributed by atoms with Gasteiger partial charge in [-0.3, -0.25) is 4.79 Å². The normalized spacial score (nSPS) is 14.1. The molecule has 6 heteroatoms. The van der Waals surface area contributed by atoms with Crippen molar-refractivity contribution in [1.82, 2.24) is 9.55 Å². The average molecular weight is 352 g/mol.